The molecular weight excluding hydrogens is 866 g/mol. The molecule has 2 aliphatic carbocycles. The maximum Gasteiger partial charge on any atom is 0.236 e. The summed E-state index contributed by atoms with van der Waals surface area (Å²) in [4.78, 5) is 36.3. The first-order valence-electron chi connectivity index (χ1n) is 22.0. The van der Waals surface area contributed by atoms with E-state index in [0.29, 0.717) is 11.6 Å². The van der Waals surface area contributed by atoms with Gasteiger partial charge in [-0.15, -0.1) is 0 Å². The van der Waals surface area contributed by atoms with Crippen LogP contribution in [0, 0.1) is 11.6 Å². The fraction of sp³-hybridized carbons (Fsp3) is 0.375. The van der Waals surface area contributed by atoms with E-state index in [1.165, 1.54) is 46.8 Å². The number of carbonyl (C=O) groups is 2. The van der Waals surface area contributed by atoms with E-state index in [1.807, 2.05) is 27.8 Å². The fourth-order valence-electron chi connectivity index (χ4n) is 8.82. The van der Waals surface area contributed by atoms with Gasteiger partial charge in [-0.1, -0.05) is 37.1 Å². The molecule has 6 aromatic rings. The van der Waals surface area contributed by atoms with E-state index in [4.69, 9.17) is 0 Å². The molecule has 2 aromatic carbocycles. The van der Waals surface area contributed by atoms with Gasteiger partial charge in [-0.05, 0) is 146 Å². The minimum absolute atomic E-state index is 0.0448. The molecule has 0 atom stereocenters. The van der Waals surface area contributed by atoms with Crippen LogP contribution in [0.5, 0.6) is 0 Å². The number of carbonyl (C=O) groups excluding carboxylic acids is 2. The molecule has 6 heterocycles. The molecule has 328 valence electrons. The SMILES string of the molecule is CCn1ccc(Br)n1.CCn1ccc(N2CCCc3cc(C4(C(=O)Nc5ccc(F)cn5)CCC4)ccc32)n1.O=C(Nc1ccc(F)cn1)C1(c2ccc3c(c2)CCCN3)CCC1. The molecule has 0 saturated heterocycles. The molecule has 0 spiro atoms. The molecule has 0 unspecified atom stereocenters. The first-order valence-corrected chi connectivity index (χ1v) is 22.7. The van der Waals surface area contributed by atoms with Gasteiger partial charge in [0.2, 0.25) is 11.8 Å². The molecule has 63 heavy (non-hydrogen) atoms. The van der Waals surface area contributed by atoms with Gasteiger partial charge in [0.25, 0.3) is 0 Å². The molecule has 4 aliphatic rings. The lowest BCUT2D eigenvalue weighted by molar-refractivity contribution is -0.125. The van der Waals surface area contributed by atoms with E-state index in [9.17, 15) is 18.4 Å². The predicted octanol–water partition coefficient (Wildman–Crippen LogP) is 9.89. The highest BCUT2D eigenvalue weighted by Crippen LogP contribution is 2.47. The van der Waals surface area contributed by atoms with Crippen molar-refractivity contribution in [2.75, 3.05) is 33.9 Å². The van der Waals surface area contributed by atoms with Crippen molar-refractivity contribution in [3.8, 4) is 0 Å². The molecule has 2 amide bonds. The summed E-state index contributed by atoms with van der Waals surface area (Å²) in [6, 6.07) is 22.4. The Bertz CT molecular complexity index is 2530. The highest BCUT2D eigenvalue weighted by atomic mass is 79.9. The molecule has 10 rings (SSSR count). The fourth-order valence-corrected chi connectivity index (χ4v) is 9.14. The normalized spacial score (nSPS) is 16.5. The Balaban J connectivity index is 0.000000150. The number of rotatable bonds is 9. The Labute approximate surface area is 375 Å². The monoisotopic (exact) mass is 918 g/mol. The van der Waals surface area contributed by atoms with Gasteiger partial charge < -0.3 is 20.9 Å². The summed E-state index contributed by atoms with van der Waals surface area (Å²) in [7, 11) is 0. The van der Waals surface area contributed by atoms with Crippen LogP contribution in [0.1, 0.15) is 87.5 Å². The molecule has 2 aliphatic heterocycles. The zero-order valence-electron chi connectivity index (χ0n) is 35.7. The number of hydrogen-bond acceptors (Lipinski definition) is 8. The molecule has 3 N–H and O–H groups in total. The molecule has 4 aromatic heterocycles. The predicted molar refractivity (Wildman–Crippen MR) is 245 cm³/mol. The Morgan fingerprint density at radius 2 is 1.27 bits per heavy atom. The summed E-state index contributed by atoms with van der Waals surface area (Å²) in [6.45, 7) is 7.87. The first-order chi connectivity index (χ1) is 30.6. The third kappa shape index (κ3) is 9.53. The van der Waals surface area contributed by atoms with Crippen LogP contribution >= 0.6 is 15.9 Å². The van der Waals surface area contributed by atoms with Crippen LogP contribution in [0.4, 0.5) is 37.6 Å². The summed E-state index contributed by atoms with van der Waals surface area (Å²) in [6.07, 6.45) is 15.7. The van der Waals surface area contributed by atoms with Crippen LogP contribution < -0.4 is 20.9 Å². The van der Waals surface area contributed by atoms with Crippen molar-refractivity contribution in [1.82, 2.24) is 29.5 Å². The molecule has 2 saturated carbocycles. The smallest absolute Gasteiger partial charge is 0.236 e. The van der Waals surface area contributed by atoms with Gasteiger partial charge in [-0.25, -0.2) is 18.7 Å². The van der Waals surface area contributed by atoms with Crippen LogP contribution in [-0.2, 0) is 46.4 Å². The number of aryl methyl sites for hydroxylation is 4. The van der Waals surface area contributed by atoms with Crippen molar-refractivity contribution in [2.45, 2.75) is 102 Å². The van der Waals surface area contributed by atoms with Gasteiger partial charge in [0, 0.05) is 56.0 Å². The van der Waals surface area contributed by atoms with E-state index >= 15 is 0 Å². The first kappa shape index (κ1) is 43.7. The number of benzene rings is 2. The van der Waals surface area contributed by atoms with Crippen molar-refractivity contribution in [3.63, 3.8) is 0 Å². The van der Waals surface area contributed by atoms with Crippen LogP contribution in [0.25, 0.3) is 0 Å². The number of hydrogen-bond donors (Lipinski definition) is 3. The number of nitrogens with one attached hydrogen (secondary N) is 3. The molecule has 12 nitrogen and oxygen atoms in total. The third-order valence-corrected chi connectivity index (χ3v) is 13.2. The van der Waals surface area contributed by atoms with E-state index < -0.39 is 22.5 Å². The molecule has 2 fully saturated rings. The number of halogens is 3. The summed E-state index contributed by atoms with van der Waals surface area (Å²) in [5.74, 6) is 0.811. The van der Waals surface area contributed by atoms with E-state index in [2.05, 4.69) is 113 Å². The average molecular weight is 920 g/mol. The molecular formula is C48H53BrF2N10O2. The van der Waals surface area contributed by atoms with Crippen molar-refractivity contribution in [3.05, 3.63) is 136 Å². The number of nitrogens with zero attached hydrogens (tertiary/aromatic N) is 7. The van der Waals surface area contributed by atoms with Gasteiger partial charge in [-0.2, -0.15) is 10.2 Å². The molecule has 0 bridgehead atoms. The lowest BCUT2D eigenvalue weighted by Crippen LogP contribution is -2.46. The molecule has 0 radical (unpaired) electrons. The summed E-state index contributed by atoms with van der Waals surface area (Å²) >= 11 is 3.24. The number of fused-ring (bicyclic) bond motifs is 2. The van der Waals surface area contributed by atoms with Crippen molar-refractivity contribution in [1.29, 1.82) is 0 Å². The lowest BCUT2D eigenvalue weighted by Gasteiger charge is -2.41. The zero-order chi connectivity index (χ0) is 44.0. The summed E-state index contributed by atoms with van der Waals surface area (Å²) in [5.41, 5.74) is 6.01. The van der Waals surface area contributed by atoms with Crippen LogP contribution in [-0.4, -0.2) is 54.4 Å². The van der Waals surface area contributed by atoms with E-state index in [-0.39, 0.29) is 11.8 Å². The number of aromatic nitrogens is 6. The Hall–Kier alpha value is -5.96. The van der Waals surface area contributed by atoms with E-state index in [1.54, 1.807) is 0 Å². The van der Waals surface area contributed by atoms with Crippen LogP contribution in [0.3, 0.4) is 0 Å². The minimum Gasteiger partial charge on any atom is -0.385 e. The van der Waals surface area contributed by atoms with Crippen LogP contribution in [0.2, 0.25) is 0 Å². The largest absolute Gasteiger partial charge is 0.385 e. The Morgan fingerprint density at radius 1 is 0.698 bits per heavy atom. The average Bonchev–Trinajstić information content (AvgIpc) is 3.94. The maximum atomic E-state index is 13.2. The lowest BCUT2D eigenvalue weighted by atomic mass is 9.63. The van der Waals surface area contributed by atoms with Gasteiger partial charge >= 0.3 is 0 Å². The van der Waals surface area contributed by atoms with Crippen molar-refractivity contribution >= 4 is 56.6 Å². The number of anilines is 5. The number of amides is 2. The molecule has 15 heteroatoms. The van der Waals surface area contributed by atoms with Gasteiger partial charge in [0.1, 0.15) is 27.9 Å². The summed E-state index contributed by atoms with van der Waals surface area (Å²) in [5, 5.41) is 17.9. The topological polar surface area (TPSA) is 135 Å². The zero-order valence-corrected chi connectivity index (χ0v) is 37.3. The third-order valence-electron chi connectivity index (χ3n) is 12.7. The van der Waals surface area contributed by atoms with E-state index in [0.717, 1.165) is 124 Å². The van der Waals surface area contributed by atoms with Crippen LogP contribution in [0.15, 0.2) is 102 Å². The quantitative estimate of drug-likeness (QED) is 0.131. The van der Waals surface area contributed by atoms with Crippen molar-refractivity contribution < 1.29 is 18.4 Å². The standard InChI is InChI=1S/C24H26FN5O.C19H20FN3O.C5H7BrN2/c1-2-29-14-10-22(28-29)30-13-3-5-17-15-18(6-8-20(17)30)24(11-4-12-24)23(31)27-21-9-7-19(25)16-26-21;20-15-5-7-17(22-12-15)23-18(24)19(8-2-9-19)14-4-6-16-13(11-14)3-1-10-21-16;1-2-8-4-3-5(6)7-8/h6-10,14-16H,2-5,11-13H2,1H3,(H,26,27,31);4-7,11-12,21H,1-3,8-10H2,(H,22,23,24);3-4H,2H2,1H3. The van der Waals surface area contributed by atoms with Gasteiger partial charge in [-0.3, -0.25) is 19.0 Å². The van der Waals surface area contributed by atoms with Gasteiger partial charge in [0.05, 0.1) is 23.2 Å². The van der Waals surface area contributed by atoms with Crippen molar-refractivity contribution in [2.24, 2.45) is 0 Å². The highest BCUT2D eigenvalue weighted by molar-refractivity contribution is 9.10. The highest BCUT2D eigenvalue weighted by Gasteiger charge is 2.47. The Kier molecular flexibility index (Phi) is 13.3. The second kappa shape index (κ2) is 19.2. The Morgan fingerprint density at radius 3 is 1.78 bits per heavy atom. The summed E-state index contributed by atoms with van der Waals surface area (Å²) < 4.78 is 30.8. The minimum atomic E-state index is -0.544. The second-order valence-corrected chi connectivity index (χ2v) is 17.3. The van der Waals surface area contributed by atoms with Gasteiger partial charge in [0.15, 0.2) is 5.82 Å². The second-order valence-electron chi connectivity index (χ2n) is 16.5. The number of pyridine rings is 2. The maximum absolute atomic E-state index is 13.2.